The maximum Gasteiger partial charge on any atom is 0.342 e. The second-order valence-electron chi connectivity index (χ2n) is 6.25. The minimum absolute atomic E-state index is 0.0188. The first-order valence-electron chi connectivity index (χ1n) is 9.05. The maximum atomic E-state index is 12.3. The highest BCUT2D eigenvalue weighted by Gasteiger charge is 2.16. The van der Waals surface area contributed by atoms with Crippen LogP contribution in [0.25, 0.3) is 10.8 Å². The first-order valence-corrected chi connectivity index (χ1v) is 9.05. The lowest BCUT2D eigenvalue weighted by molar-refractivity contribution is -0.119. The number of amides is 2. The van der Waals surface area contributed by atoms with E-state index >= 15 is 0 Å². The molecule has 0 aliphatic carbocycles. The summed E-state index contributed by atoms with van der Waals surface area (Å²) in [5.41, 5.74) is 0.792. The smallest absolute Gasteiger partial charge is 0.342 e. The molecule has 29 heavy (non-hydrogen) atoms. The largest absolute Gasteiger partial charge is 0.506 e. The molecule has 2 amide bonds. The molecule has 7 nitrogen and oxygen atoms in total. The maximum absolute atomic E-state index is 12.3. The van der Waals surface area contributed by atoms with Crippen LogP contribution in [0.4, 0.5) is 5.69 Å². The van der Waals surface area contributed by atoms with Crippen molar-refractivity contribution in [1.29, 1.82) is 0 Å². The molecule has 3 rings (SSSR count). The summed E-state index contributed by atoms with van der Waals surface area (Å²) < 4.78 is 5.02. The van der Waals surface area contributed by atoms with Crippen molar-refractivity contribution in [3.05, 3.63) is 71.8 Å². The zero-order valence-electron chi connectivity index (χ0n) is 15.8. The van der Waals surface area contributed by atoms with Gasteiger partial charge in [0.1, 0.15) is 11.3 Å². The first kappa shape index (κ1) is 19.9. The van der Waals surface area contributed by atoms with E-state index in [1.807, 2.05) is 19.1 Å². The van der Waals surface area contributed by atoms with Crippen molar-refractivity contribution < 1.29 is 24.2 Å². The van der Waals surface area contributed by atoms with Crippen molar-refractivity contribution in [3.63, 3.8) is 0 Å². The van der Waals surface area contributed by atoms with E-state index in [1.54, 1.807) is 36.4 Å². The molecule has 0 aliphatic heterocycles. The monoisotopic (exact) mass is 392 g/mol. The molecule has 0 unspecified atom stereocenters. The number of esters is 1. The van der Waals surface area contributed by atoms with Gasteiger partial charge in [0.05, 0.1) is 0 Å². The molecular formula is C22H20N2O5. The topological polar surface area (TPSA) is 105 Å². The van der Waals surface area contributed by atoms with Crippen LogP contribution < -0.4 is 10.6 Å². The van der Waals surface area contributed by atoms with Crippen molar-refractivity contribution in [2.24, 2.45) is 0 Å². The Kier molecular flexibility index (Phi) is 6.09. The Morgan fingerprint density at radius 1 is 1.00 bits per heavy atom. The predicted molar refractivity (Wildman–Crippen MR) is 109 cm³/mol. The molecule has 0 bridgehead atoms. The third kappa shape index (κ3) is 4.70. The van der Waals surface area contributed by atoms with E-state index in [2.05, 4.69) is 10.6 Å². The third-order valence-corrected chi connectivity index (χ3v) is 4.20. The number of nitrogens with one attached hydrogen (secondary N) is 2. The highest BCUT2D eigenvalue weighted by Crippen LogP contribution is 2.28. The van der Waals surface area contributed by atoms with Crippen molar-refractivity contribution in [3.8, 4) is 5.75 Å². The summed E-state index contributed by atoms with van der Waals surface area (Å²) >= 11 is 0. The van der Waals surface area contributed by atoms with E-state index in [9.17, 15) is 19.5 Å². The van der Waals surface area contributed by atoms with Crippen molar-refractivity contribution in [2.75, 3.05) is 18.5 Å². The number of hydrogen-bond acceptors (Lipinski definition) is 5. The lowest BCUT2D eigenvalue weighted by Crippen LogP contribution is -2.23. The quantitative estimate of drug-likeness (QED) is 0.559. The van der Waals surface area contributed by atoms with Gasteiger partial charge in [0.15, 0.2) is 6.61 Å². The molecule has 0 radical (unpaired) electrons. The van der Waals surface area contributed by atoms with Crippen LogP contribution in [0.2, 0.25) is 0 Å². The molecule has 3 aromatic carbocycles. The van der Waals surface area contributed by atoms with Gasteiger partial charge >= 0.3 is 5.97 Å². The van der Waals surface area contributed by atoms with E-state index in [0.717, 1.165) is 5.39 Å². The minimum Gasteiger partial charge on any atom is -0.506 e. The Bertz CT molecular complexity index is 1080. The van der Waals surface area contributed by atoms with Gasteiger partial charge in [-0.3, -0.25) is 9.59 Å². The molecule has 0 atom stereocenters. The summed E-state index contributed by atoms with van der Waals surface area (Å²) in [7, 11) is 0. The Morgan fingerprint density at radius 3 is 2.59 bits per heavy atom. The fraction of sp³-hybridized carbons (Fsp3) is 0.136. The SMILES string of the molecule is CCNC(=O)c1cccc(NC(=O)COC(=O)c2ccc3ccccc3c2O)c1. The van der Waals surface area contributed by atoms with Crippen molar-refractivity contribution in [2.45, 2.75) is 6.92 Å². The minimum atomic E-state index is -0.806. The van der Waals surface area contributed by atoms with E-state index in [1.165, 1.54) is 12.1 Å². The van der Waals surface area contributed by atoms with Gasteiger partial charge < -0.3 is 20.5 Å². The van der Waals surface area contributed by atoms with E-state index in [-0.39, 0.29) is 17.2 Å². The second-order valence-corrected chi connectivity index (χ2v) is 6.25. The molecule has 0 fully saturated rings. The molecule has 0 aliphatic rings. The van der Waals surface area contributed by atoms with Gasteiger partial charge in [0.2, 0.25) is 0 Å². The fourth-order valence-corrected chi connectivity index (χ4v) is 2.83. The Balaban J connectivity index is 1.62. The average molecular weight is 392 g/mol. The molecule has 0 spiro atoms. The average Bonchev–Trinajstić information content (AvgIpc) is 2.73. The normalized spacial score (nSPS) is 10.4. The van der Waals surface area contributed by atoms with Crippen LogP contribution in [0.15, 0.2) is 60.7 Å². The standard InChI is InChI=1S/C22H20N2O5/c1-2-23-21(27)15-7-5-8-16(12-15)24-19(25)13-29-22(28)18-11-10-14-6-3-4-9-17(14)20(18)26/h3-12,26H,2,13H2,1H3,(H,23,27)(H,24,25). The summed E-state index contributed by atoms with van der Waals surface area (Å²) in [5.74, 6) is -1.81. The lowest BCUT2D eigenvalue weighted by atomic mass is 10.1. The molecular weight excluding hydrogens is 372 g/mol. The third-order valence-electron chi connectivity index (χ3n) is 4.20. The van der Waals surface area contributed by atoms with Crippen LogP contribution in [0, 0.1) is 0 Å². The van der Waals surface area contributed by atoms with Gasteiger partial charge in [0, 0.05) is 23.2 Å². The molecule has 3 N–H and O–H groups in total. The zero-order valence-corrected chi connectivity index (χ0v) is 15.8. The van der Waals surface area contributed by atoms with Crippen molar-refractivity contribution in [1.82, 2.24) is 5.32 Å². The number of carbonyl (C=O) groups excluding carboxylic acids is 3. The Labute approximate surface area is 167 Å². The molecule has 148 valence electrons. The van der Waals surface area contributed by atoms with Gasteiger partial charge in [0.25, 0.3) is 11.8 Å². The number of phenols is 1. The highest BCUT2D eigenvalue weighted by molar-refractivity contribution is 6.02. The van der Waals surface area contributed by atoms with Crippen LogP contribution in [0.5, 0.6) is 5.75 Å². The van der Waals surface area contributed by atoms with Crippen LogP contribution in [-0.4, -0.2) is 36.0 Å². The highest BCUT2D eigenvalue weighted by atomic mass is 16.5. The number of carbonyl (C=O) groups is 3. The van der Waals surface area contributed by atoms with Gasteiger partial charge in [-0.05, 0) is 36.6 Å². The lowest BCUT2D eigenvalue weighted by Gasteiger charge is -2.10. The molecule has 0 saturated carbocycles. The number of phenolic OH excluding ortho intramolecular Hbond substituents is 1. The Morgan fingerprint density at radius 2 is 1.79 bits per heavy atom. The molecule has 0 saturated heterocycles. The predicted octanol–water partition coefficient (Wildman–Crippen LogP) is 3.09. The number of anilines is 1. The number of aromatic hydroxyl groups is 1. The number of benzene rings is 3. The van der Waals surface area contributed by atoms with Gasteiger partial charge in [-0.25, -0.2) is 4.79 Å². The molecule has 0 aromatic heterocycles. The van der Waals surface area contributed by atoms with E-state index < -0.39 is 18.5 Å². The summed E-state index contributed by atoms with van der Waals surface area (Å²) in [4.78, 5) is 36.2. The summed E-state index contributed by atoms with van der Waals surface area (Å²) in [5, 5.41) is 16.9. The van der Waals surface area contributed by atoms with E-state index in [0.29, 0.717) is 23.2 Å². The summed E-state index contributed by atoms with van der Waals surface area (Å²) in [6.07, 6.45) is 0. The molecule has 7 heteroatoms. The molecule has 0 heterocycles. The first-order chi connectivity index (χ1) is 14.0. The molecule has 3 aromatic rings. The van der Waals surface area contributed by atoms with Crippen molar-refractivity contribution >= 4 is 34.2 Å². The summed E-state index contributed by atoms with van der Waals surface area (Å²) in [6.45, 7) is 1.77. The summed E-state index contributed by atoms with van der Waals surface area (Å²) in [6, 6.07) is 16.6. The van der Waals surface area contributed by atoms with Crippen LogP contribution >= 0.6 is 0 Å². The number of fused-ring (bicyclic) bond motifs is 1. The van der Waals surface area contributed by atoms with Gasteiger partial charge in [-0.1, -0.05) is 36.4 Å². The Hall–Kier alpha value is -3.87. The number of hydrogen-bond donors (Lipinski definition) is 3. The van der Waals surface area contributed by atoms with E-state index in [4.69, 9.17) is 4.74 Å². The zero-order chi connectivity index (χ0) is 20.8. The van der Waals surface area contributed by atoms with Crippen LogP contribution in [0.3, 0.4) is 0 Å². The second kappa shape index (κ2) is 8.88. The van der Waals surface area contributed by atoms with Crippen LogP contribution in [-0.2, 0) is 9.53 Å². The fourth-order valence-electron chi connectivity index (χ4n) is 2.83. The van der Waals surface area contributed by atoms with Gasteiger partial charge in [-0.2, -0.15) is 0 Å². The van der Waals surface area contributed by atoms with Gasteiger partial charge in [-0.15, -0.1) is 0 Å². The number of ether oxygens (including phenoxy) is 1. The van der Waals surface area contributed by atoms with Crippen LogP contribution in [0.1, 0.15) is 27.6 Å². The number of rotatable bonds is 6.